The molecule has 2 aliphatic heterocycles. The maximum absolute atomic E-state index is 13.9. The number of nitrogens with zero attached hydrogens (tertiary/aromatic N) is 4. The molecule has 0 bridgehead atoms. The molecule has 0 spiro atoms. The Labute approximate surface area is 246 Å². The van der Waals surface area contributed by atoms with Gasteiger partial charge in [-0.25, -0.2) is 13.8 Å². The third kappa shape index (κ3) is 8.59. The quantitative estimate of drug-likeness (QED) is 0.457. The van der Waals surface area contributed by atoms with Crippen LogP contribution in [-0.4, -0.2) is 77.5 Å². The van der Waals surface area contributed by atoms with Crippen LogP contribution in [0.3, 0.4) is 0 Å². The molecule has 0 saturated carbocycles. The van der Waals surface area contributed by atoms with Gasteiger partial charge in [0.05, 0.1) is 20.2 Å². The topological polar surface area (TPSA) is 73.4 Å². The number of ether oxygens (including phenoxy) is 1. The van der Waals surface area contributed by atoms with Gasteiger partial charge in [0.2, 0.25) is 17.7 Å². The van der Waals surface area contributed by atoms with Gasteiger partial charge in [-0.05, 0) is 37.1 Å². The SMILES string of the molecule is CC(=O)N1C2CN(Cc3ccc(F)cc3F)C(=O)CN2C(=O)CN1C.CCc1ccc(OC)cc1.Cc1ccccc1. The maximum Gasteiger partial charge on any atom is 0.242 e. The molecular formula is C32H38F2N4O4. The van der Waals surface area contributed by atoms with Crippen molar-refractivity contribution in [3.8, 4) is 5.75 Å². The number of methoxy groups -OCH3 is 1. The fourth-order valence-corrected chi connectivity index (χ4v) is 4.66. The van der Waals surface area contributed by atoms with Crippen LogP contribution >= 0.6 is 0 Å². The Hall–Kier alpha value is -4.31. The normalized spacial score (nSPS) is 16.5. The van der Waals surface area contributed by atoms with E-state index in [1.54, 1.807) is 14.2 Å². The molecule has 10 heteroatoms. The van der Waals surface area contributed by atoms with E-state index in [0.29, 0.717) is 0 Å². The van der Waals surface area contributed by atoms with Gasteiger partial charge in [-0.15, -0.1) is 0 Å². The van der Waals surface area contributed by atoms with E-state index in [1.807, 2.05) is 30.3 Å². The molecule has 3 amide bonds. The molecule has 2 saturated heterocycles. The highest BCUT2D eigenvalue weighted by molar-refractivity contribution is 5.89. The zero-order valence-electron chi connectivity index (χ0n) is 24.7. The van der Waals surface area contributed by atoms with Gasteiger partial charge in [-0.1, -0.05) is 61.0 Å². The van der Waals surface area contributed by atoms with Gasteiger partial charge in [-0.3, -0.25) is 19.4 Å². The lowest BCUT2D eigenvalue weighted by atomic mass is 10.1. The molecule has 1 atom stereocenters. The molecule has 1 unspecified atom stereocenters. The van der Waals surface area contributed by atoms with Crippen LogP contribution in [-0.2, 0) is 27.3 Å². The van der Waals surface area contributed by atoms with Gasteiger partial charge in [0.1, 0.15) is 30.1 Å². The summed E-state index contributed by atoms with van der Waals surface area (Å²) in [5.74, 6) is -1.35. The monoisotopic (exact) mass is 580 g/mol. The number of rotatable bonds is 4. The number of likely N-dealkylation sites (N-methyl/N-ethyl adjacent to an activating group) is 1. The van der Waals surface area contributed by atoms with E-state index in [0.717, 1.165) is 24.3 Å². The highest BCUT2D eigenvalue weighted by atomic mass is 19.1. The summed E-state index contributed by atoms with van der Waals surface area (Å²) in [6.45, 7) is 5.44. The van der Waals surface area contributed by atoms with Crippen molar-refractivity contribution in [3.05, 3.63) is 101 Å². The van der Waals surface area contributed by atoms with Crippen molar-refractivity contribution < 1.29 is 27.9 Å². The van der Waals surface area contributed by atoms with Crippen LogP contribution in [0.4, 0.5) is 8.78 Å². The Bertz CT molecular complexity index is 1330. The first-order valence-corrected chi connectivity index (χ1v) is 13.7. The fraction of sp³-hybridized carbons (Fsp3) is 0.344. The standard InChI is InChI=1S/C16H18F2N4O3.C9H12O.C7H8/c1-10(23)22-14-7-20(6-11-3-4-12(17)5-13(11)18)15(24)9-21(14)16(25)8-19(22)2;1-3-8-4-6-9(10-2)7-5-8;1-7-5-3-2-4-6-7/h3-5,14H,6-9H2,1-2H3;4-7H,3H2,1-2H3;2-6H,1H3. The number of amides is 3. The van der Waals surface area contributed by atoms with Crippen molar-refractivity contribution in [2.45, 2.75) is 39.9 Å². The fourth-order valence-electron chi connectivity index (χ4n) is 4.66. The highest BCUT2D eigenvalue weighted by Gasteiger charge is 2.44. The Morgan fingerprint density at radius 2 is 1.62 bits per heavy atom. The minimum atomic E-state index is -0.740. The van der Waals surface area contributed by atoms with Crippen LogP contribution in [0.15, 0.2) is 72.8 Å². The first-order chi connectivity index (χ1) is 20.0. The molecule has 0 aromatic heterocycles. The summed E-state index contributed by atoms with van der Waals surface area (Å²) in [4.78, 5) is 39.2. The van der Waals surface area contributed by atoms with E-state index in [1.165, 1.54) is 43.9 Å². The number of carbonyl (C=O) groups is 3. The van der Waals surface area contributed by atoms with Crippen LogP contribution in [0.5, 0.6) is 5.75 Å². The molecule has 0 N–H and O–H groups in total. The maximum atomic E-state index is 13.9. The third-order valence-corrected chi connectivity index (χ3v) is 6.94. The molecule has 2 heterocycles. The molecule has 3 aromatic carbocycles. The van der Waals surface area contributed by atoms with Crippen molar-refractivity contribution in [1.82, 2.24) is 19.8 Å². The van der Waals surface area contributed by atoms with Crippen molar-refractivity contribution in [1.29, 1.82) is 0 Å². The number of carbonyl (C=O) groups excluding carboxylic acids is 3. The second kappa shape index (κ2) is 15.1. The van der Waals surface area contributed by atoms with Crippen molar-refractivity contribution >= 4 is 17.7 Å². The zero-order valence-corrected chi connectivity index (χ0v) is 24.7. The summed E-state index contributed by atoms with van der Waals surface area (Å²) in [7, 11) is 3.30. The van der Waals surface area contributed by atoms with E-state index in [-0.39, 0.29) is 49.5 Å². The summed E-state index contributed by atoms with van der Waals surface area (Å²) in [5, 5.41) is 2.93. The third-order valence-electron chi connectivity index (χ3n) is 6.94. The lowest BCUT2D eigenvalue weighted by Gasteiger charge is -2.51. The van der Waals surface area contributed by atoms with E-state index in [4.69, 9.17) is 4.74 Å². The van der Waals surface area contributed by atoms with E-state index in [2.05, 4.69) is 38.1 Å². The van der Waals surface area contributed by atoms with Crippen LogP contribution in [0.2, 0.25) is 0 Å². The van der Waals surface area contributed by atoms with Gasteiger partial charge in [-0.2, -0.15) is 0 Å². The number of hydrazine groups is 1. The minimum Gasteiger partial charge on any atom is -0.497 e. The number of hydrogen-bond donors (Lipinski definition) is 0. The molecule has 8 nitrogen and oxygen atoms in total. The Balaban J connectivity index is 0.000000231. The van der Waals surface area contributed by atoms with Gasteiger partial charge in [0, 0.05) is 32.1 Å². The van der Waals surface area contributed by atoms with E-state index in [9.17, 15) is 23.2 Å². The van der Waals surface area contributed by atoms with Crippen molar-refractivity contribution in [2.75, 3.05) is 33.8 Å². The molecular weight excluding hydrogens is 542 g/mol. The predicted molar refractivity (Wildman–Crippen MR) is 156 cm³/mol. The lowest BCUT2D eigenvalue weighted by Crippen LogP contribution is -2.72. The molecule has 3 aromatic rings. The molecule has 0 aliphatic carbocycles. The van der Waals surface area contributed by atoms with Gasteiger partial charge >= 0.3 is 0 Å². The van der Waals surface area contributed by atoms with Gasteiger partial charge in [0.15, 0.2) is 0 Å². The number of fused-ring (bicyclic) bond motifs is 1. The Morgan fingerprint density at radius 3 is 2.14 bits per heavy atom. The van der Waals surface area contributed by atoms with E-state index < -0.39 is 17.8 Å². The molecule has 2 fully saturated rings. The summed E-state index contributed by atoms with van der Waals surface area (Å²) in [6, 6.07) is 21.6. The molecule has 5 rings (SSSR count). The second-order valence-corrected chi connectivity index (χ2v) is 10.0. The van der Waals surface area contributed by atoms with Crippen LogP contribution < -0.4 is 4.74 Å². The Kier molecular flexibility index (Phi) is 11.6. The summed E-state index contributed by atoms with van der Waals surface area (Å²) >= 11 is 0. The average molecular weight is 581 g/mol. The Morgan fingerprint density at radius 1 is 0.952 bits per heavy atom. The molecule has 224 valence electrons. The lowest BCUT2D eigenvalue weighted by molar-refractivity contribution is -0.194. The minimum absolute atomic E-state index is 0.00987. The van der Waals surface area contributed by atoms with Crippen molar-refractivity contribution in [3.63, 3.8) is 0 Å². The van der Waals surface area contributed by atoms with E-state index >= 15 is 0 Å². The average Bonchev–Trinajstić information content (AvgIpc) is 2.96. The van der Waals surface area contributed by atoms with Crippen LogP contribution in [0.1, 0.15) is 30.5 Å². The predicted octanol–water partition coefficient (Wildman–Crippen LogP) is 4.42. The number of benzene rings is 3. The second-order valence-electron chi connectivity index (χ2n) is 10.0. The first-order valence-electron chi connectivity index (χ1n) is 13.7. The molecule has 42 heavy (non-hydrogen) atoms. The number of halogens is 2. The summed E-state index contributed by atoms with van der Waals surface area (Å²) < 4.78 is 31.9. The van der Waals surface area contributed by atoms with Crippen molar-refractivity contribution in [2.24, 2.45) is 0 Å². The molecule has 2 aliphatic rings. The van der Waals surface area contributed by atoms with Gasteiger partial charge in [0.25, 0.3) is 0 Å². The molecule has 0 radical (unpaired) electrons. The number of piperazine rings is 1. The van der Waals surface area contributed by atoms with Gasteiger partial charge < -0.3 is 14.5 Å². The summed E-state index contributed by atoms with van der Waals surface area (Å²) in [6.07, 6.45) is 0.453. The zero-order chi connectivity index (χ0) is 30.8. The van der Waals surface area contributed by atoms with Crippen LogP contribution in [0.25, 0.3) is 0 Å². The number of hydrogen-bond acceptors (Lipinski definition) is 5. The first kappa shape index (κ1) is 32.2. The largest absolute Gasteiger partial charge is 0.497 e. The highest BCUT2D eigenvalue weighted by Crippen LogP contribution is 2.23. The number of aryl methyl sites for hydroxylation is 2. The summed E-state index contributed by atoms with van der Waals surface area (Å²) in [5.41, 5.74) is 2.84. The smallest absolute Gasteiger partial charge is 0.242 e. The van der Waals surface area contributed by atoms with Crippen LogP contribution in [0, 0.1) is 18.6 Å².